The van der Waals surface area contributed by atoms with Crippen LogP contribution < -0.4 is 4.90 Å². The van der Waals surface area contributed by atoms with Crippen molar-refractivity contribution in [3.63, 3.8) is 0 Å². The molecule has 31 heavy (non-hydrogen) atoms. The van der Waals surface area contributed by atoms with Gasteiger partial charge in [-0.15, -0.1) is 0 Å². The number of benzene rings is 2. The first-order valence-corrected chi connectivity index (χ1v) is 11.6. The van der Waals surface area contributed by atoms with Crippen molar-refractivity contribution in [2.24, 2.45) is 5.92 Å². The molecule has 0 saturated carbocycles. The molecule has 0 N–H and O–H groups in total. The Bertz CT molecular complexity index is 922. The summed E-state index contributed by atoms with van der Waals surface area (Å²) in [5.41, 5.74) is 4.42. The molecule has 1 atom stereocenters. The first-order chi connectivity index (χ1) is 14.9. The van der Waals surface area contributed by atoms with Crippen LogP contribution in [0.3, 0.4) is 0 Å². The molecule has 2 fully saturated rings. The molecule has 1 unspecified atom stereocenters. The van der Waals surface area contributed by atoms with Crippen LogP contribution >= 0.6 is 11.6 Å². The van der Waals surface area contributed by atoms with Gasteiger partial charge in [0.1, 0.15) is 5.82 Å². The average molecular weight is 444 g/mol. The quantitative estimate of drug-likeness (QED) is 0.687. The smallest absolute Gasteiger partial charge is 0.227 e. The number of piperazine rings is 1. The van der Waals surface area contributed by atoms with Crippen LogP contribution in [0.25, 0.3) is 0 Å². The maximum absolute atomic E-state index is 14.2. The van der Waals surface area contributed by atoms with Crippen LogP contribution in [0.4, 0.5) is 10.1 Å². The minimum Gasteiger partial charge on any atom is -0.368 e. The summed E-state index contributed by atoms with van der Waals surface area (Å²) in [6.07, 6.45) is 1.85. The third-order valence-corrected chi connectivity index (χ3v) is 7.16. The van der Waals surface area contributed by atoms with Gasteiger partial charge in [0.25, 0.3) is 0 Å². The summed E-state index contributed by atoms with van der Waals surface area (Å²) in [7, 11) is 0. The van der Waals surface area contributed by atoms with E-state index in [2.05, 4.69) is 41.8 Å². The maximum atomic E-state index is 14.2. The minimum atomic E-state index is -0.275. The van der Waals surface area contributed by atoms with E-state index >= 15 is 0 Å². The molecule has 4 nitrogen and oxygen atoms in total. The molecular weight excluding hydrogens is 413 g/mol. The summed E-state index contributed by atoms with van der Waals surface area (Å²) in [5, 5.41) is 0.455. The summed E-state index contributed by atoms with van der Waals surface area (Å²) < 4.78 is 14.2. The first kappa shape index (κ1) is 22.1. The van der Waals surface area contributed by atoms with Gasteiger partial charge in [-0.3, -0.25) is 9.69 Å². The van der Waals surface area contributed by atoms with Crippen molar-refractivity contribution in [3.05, 3.63) is 63.9 Å². The largest absolute Gasteiger partial charge is 0.368 e. The fraction of sp³-hybridized carbons (Fsp3) is 0.480. The van der Waals surface area contributed by atoms with Crippen LogP contribution in [0, 0.1) is 25.6 Å². The fourth-order valence-corrected chi connectivity index (χ4v) is 5.03. The minimum absolute atomic E-state index is 0.0217. The van der Waals surface area contributed by atoms with Crippen molar-refractivity contribution in [2.75, 3.05) is 44.2 Å². The monoisotopic (exact) mass is 443 g/mol. The van der Waals surface area contributed by atoms with E-state index < -0.39 is 0 Å². The second-order valence-corrected chi connectivity index (χ2v) is 9.21. The summed E-state index contributed by atoms with van der Waals surface area (Å²) in [6, 6.07) is 11.2. The number of nitrogens with zero attached hydrogens (tertiary/aromatic N) is 3. The molecule has 2 aliphatic heterocycles. The number of hydrogen-bond acceptors (Lipinski definition) is 3. The van der Waals surface area contributed by atoms with Gasteiger partial charge in [-0.1, -0.05) is 29.8 Å². The highest BCUT2D eigenvalue weighted by Crippen LogP contribution is 2.27. The zero-order valence-electron chi connectivity index (χ0n) is 18.4. The Labute approximate surface area is 189 Å². The summed E-state index contributed by atoms with van der Waals surface area (Å²) >= 11 is 6.21. The lowest BCUT2D eigenvalue weighted by molar-refractivity contribution is -0.137. The molecule has 166 valence electrons. The second-order valence-electron chi connectivity index (χ2n) is 8.81. The number of piperidine rings is 1. The molecule has 0 bridgehead atoms. The van der Waals surface area contributed by atoms with Crippen molar-refractivity contribution in [3.8, 4) is 0 Å². The van der Waals surface area contributed by atoms with Gasteiger partial charge in [0.05, 0.1) is 5.92 Å². The van der Waals surface area contributed by atoms with Gasteiger partial charge in [0.15, 0.2) is 0 Å². The molecule has 2 aromatic rings. The SMILES string of the molecule is Cc1cccc(N2CCN(C(=O)C3CCCN(Cc4c(F)cccc4Cl)C3)CC2)c1C. The van der Waals surface area contributed by atoms with E-state index in [1.54, 1.807) is 12.1 Å². The van der Waals surface area contributed by atoms with Crippen LogP contribution in [-0.4, -0.2) is 55.0 Å². The third kappa shape index (κ3) is 4.88. The molecule has 1 amide bonds. The van der Waals surface area contributed by atoms with Crippen LogP contribution in [0.15, 0.2) is 36.4 Å². The Kier molecular flexibility index (Phi) is 6.83. The molecule has 2 aliphatic rings. The first-order valence-electron chi connectivity index (χ1n) is 11.2. The Balaban J connectivity index is 1.35. The number of carbonyl (C=O) groups is 1. The summed E-state index contributed by atoms with van der Waals surface area (Å²) in [5.74, 6) is -0.0555. The predicted molar refractivity (Wildman–Crippen MR) is 124 cm³/mol. The Morgan fingerprint density at radius 2 is 1.81 bits per heavy atom. The zero-order valence-corrected chi connectivity index (χ0v) is 19.2. The van der Waals surface area contributed by atoms with Crippen molar-refractivity contribution >= 4 is 23.2 Å². The number of rotatable bonds is 4. The third-order valence-electron chi connectivity index (χ3n) is 6.81. The highest BCUT2D eigenvalue weighted by atomic mass is 35.5. The van der Waals surface area contributed by atoms with E-state index in [0.29, 0.717) is 23.7 Å². The van der Waals surface area contributed by atoms with E-state index in [1.807, 2.05) is 4.90 Å². The molecule has 2 saturated heterocycles. The van der Waals surface area contributed by atoms with Crippen molar-refractivity contribution < 1.29 is 9.18 Å². The standard InChI is InChI=1S/C25H31ClFN3O/c1-18-6-3-10-24(19(18)2)29-12-14-30(15-13-29)25(31)20-7-5-11-28(16-20)17-21-22(26)8-4-9-23(21)27/h3-4,6,8-10,20H,5,7,11-17H2,1-2H3. The Morgan fingerprint density at radius 1 is 1.06 bits per heavy atom. The second kappa shape index (κ2) is 9.58. The van der Waals surface area contributed by atoms with Crippen LogP contribution in [0.2, 0.25) is 5.02 Å². The number of halogens is 2. The van der Waals surface area contributed by atoms with Crippen molar-refractivity contribution in [1.82, 2.24) is 9.80 Å². The predicted octanol–water partition coefficient (Wildman–Crippen LogP) is 4.66. The molecule has 2 aromatic carbocycles. The topological polar surface area (TPSA) is 26.8 Å². The van der Waals surface area contributed by atoms with Crippen LogP contribution in [-0.2, 0) is 11.3 Å². The van der Waals surface area contributed by atoms with E-state index in [1.165, 1.54) is 22.9 Å². The van der Waals surface area contributed by atoms with Crippen LogP contribution in [0.1, 0.15) is 29.5 Å². The molecule has 4 rings (SSSR count). The lowest BCUT2D eigenvalue weighted by Gasteiger charge is -2.40. The Morgan fingerprint density at radius 3 is 2.55 bits per heavy atom. The zero-order chi connectivity index (χ0) is 22.0. The van der Waals surface area contributed by atoms with Gasteiger partial charge in [0, 0.05) is 55.5 Å². The van der Waals surface area contributed by atoms with Crippen molar-refractivity contribution in [1.29, 1.82) is 0 Å². The number of anilines is 1. The van der Waals surface area contributed by atoms with E-state index in [0.717, 1.165) is 45.6 Å². The van der Waals surface area contributed by atoms with E-state index in [4.69, 9.17) is 11.6 Å². The fourth-order valence-electron chi connectivity index (χ4n) is 4.81. The van der Waals surface area contributed by atoms with E-state index in [-0.39, 0.29) is 17.6 Å². The molecule has 0 aromatic heterocycles. The molecular formula is C25H31ClFN3O. The van der Waals surface area contributed by atoms with Gasteiger partial charge in [-0.05, 0) is 62.6 Å². The molecule has 6 heteroatoms. The highest BCUT2D eigenvalue weighted by molar-refractivity contribution is 6.31. The Hall–Kier alpha value is -2.11. The van der Waals surface area contributed by atoms with Gasteiger partial charge < -0.3 is 9.80 Å². The number of likely N-dealkylation sites (tertiary alicyclic amines) is 1. The normalized spacial score (nSPS) is 20.2. The van der Waals surface area contributed by atoms with Gasteiger partial charge in [-0.25, -0.2) is 4.39 Å². The molecule has 0 aliphatic carbocycles. The lowest BCUT2D eigenvalue weighted by atomic mass is 9.95. The number of carbonyl (C=O) groups excluding carboxylic acids is 1. The number of amides is 1. The highest BCUT2D eigenvalue weighted by Gasteiger charge is 2.31. The summed E-state index contributed by atoms with van der Waals surface area (Å²) in [6.45, 7) is 9.52. The van der Waals surface area contributed by atoms with E-state index in [9.17, 15) is 9.18 Å². The van der Waals surface area contributed by atoms with Crippen LogP contribution in [0.5, 0.6) is 0 Å². The molecule has 0 spiro atoms. The van der Waals surface area contributed by atoms with Gasteiger partial charge in [-0.2, -0.15) is 0 Å². The molecule has 2 heterocycles. The van der Waals surface area contributed by atoms with Gasteiger partial charge in [0.2, 0.25) is 5.91 Å². The van der Waals surface area contributed by atoms with Gasteiger partial charge >= 0.3 is 0 Å². The lowest BCUT2D eigenvalue weighted by Crippen LogP contribution is -2.52. The maximum Gasteiger partial charge on any atom is 0.227 e. The summed E-state index contributed by atoms with van der Waals surface area (Å²) in [4.78, 5) is 19.8. The molecule has 0 radical (unpaired) electrons. The average Bonchev–Trinajstić information content (AvgIpc) is 2.78. The van der Waals surface area contributed by atoms with Crippen molar-refractivity contribution in [2.45, 2.75) is 33.2 Å². The number of aryl methyl sites for hydroxylation is 1. The number of hydrogen-bond donors (Lipinski definition) is 0.